The minimum atomic E-state index is -0.925. The van der Waals surface area contributed by atoms with Gasteiger partial charge in [-0.05, 0) is 55.7 Å². The maximum atomic E-state index is 12.6. The molecule has 2 unspecified atom stereocenters. The highest BCUT2D eigenvalue weighted by Crippen LogP contribution is 2.27. The normalized spacial score (nSPS) is 18.4. The SMILES string of the molecule is Cc1ccc(N2CCC(C(=O)NCC(O)c3ccco3)C2=O)cc1C. The molecule has 0 spiro atoms. The van der Waals surface area contributed by atoms with Gasteiger partial charge < -0.3 is 19.7 Å². The zero-order valence-electron chi connectivity index (χ0n) is 14.4. The number of aryl methyl sites for hydroxylation is 2. The van der Waals surface area contributed by atoms with Crippen molar-refractivity contribution in [2.24, 2.45) is 5.92 Å². The maximum absolute atomic E-state index is 12.6. The van der Waals surface area contributed by atoms with Crippen LogP contribution in [0.5, 0.6) is 0 Å². The molecule has 1 saturated heterocycles. The Morgan fingerprint density at radius 3 is 2.84 bits per heavy atom. The molecular weight excluding hydrogens is 320 g/mol. The van der Waals surface area contributed by atoms with Crippen molar-refractivity contribution in [3.8, 4) is 0 Å². The first-order valence-corrected chi connectivity index (χ1v) is 8.35. The summed E-state index contributed by atoms with van der Waals surface area (Å²) in [5.41, 5.74) is 3.09. The predicted octanol–water partition coefficient (Wildman–Crippen LogP) is 2.10. The van der Waals surface area contributed by atoms with E-state index in [-0.39, 0.29) is 18.4 Å². The lowest BCUT2D eigenvalue weighted by Crippen LogP contribution is -2.38. The molecule has 25 heavy (non-hydrogen) atoms. The van der Waals surface area contributed by atoms with Crippen LogP contribution in [0, 0.1) is 19.8 Å². The van der Waals surface area contributed by atoms with Crippen molar-refractivity contribution in [1.82, 2.24) is 5.32 Å². The van der Waals surface area contributed by atoms with E-state index in [2.05, 4.69) is 5.32 Å². The van der Waals surface area contributed by atoms with Crippen LogP contribution in [-0.4, -0.2) is 30.0 Å². The summed E-state index contributed by atoms with van der Waals surface area (Å²) in [6.07, 6.45) is 1.00. The number of carbonyl (C=O) groups excluding carboxylic acids is 2. The Morgan fingerprint density at radius 2 is 2.16 bits per heavy atom. The lowest BCUT2D eigenvalue weighted by atomic mass is 10.1. The van der Waals surface area contributed by atoms with Crippen molar-refractivity contribution in [2.45, 2.75) is 26.4 Å². The Kier molecular flexibility index (Phi) is 4.90. The molecule has 3 rings (SSSR count). The number of hydrogen-bond donors (Lipinski definition) is 2. The van der Waals surface area contributed by atoms with Gasteiger partial charge in [0, 0.05) is 12.2 Å². The van der Waals surface area contributed by atoms with E-state index in [9.17, 15) is 14.7 Å². The van der Waals surface area contributed by atoms with Crippen LogP contribution in [0.15, 0.2) is 41.0 Å². The van der Waals surface area contributed by atoms with Gasteiger partial charge in [-0.1, -0.05) is 6.07 Å². The summed E-state index contributed by atoms with van der Waals surface area (Å²) in [6.45, 7) is 4.55. The molecule has 1 aliphatic heterocycles. The fourth-order valence-electron chi connectivity index (χ4n) is 2.97. The van der Waals surface area contributed by atoms with Crippen LogP contribution in [0.1, 0.15) is 29.4 Å². The monoisotopic (exact) mass is 342 g/mol. The Hall–Kier alpha value is -2.60. The number of hydrogen-bond acceptors (Lipinski definition) is 4. The van der Waals surface area contributed by atoms with Crippen LogP contribution >= 0.6 is 0 Å². The van der Waals surface area contributed by atoms with Crippen LogP contribution in [0.3, 0.4) is 0 Å². The molecule has 1 fully saturated rings. The molecule has 1 aliphatic rings. The highest BCUT2D eigenvalue weighted by molar-refractivity contribution is 6.09. The Morgan fingerprint density at radius 1 is 1.36 bits per heavy atom. The number of aliphatic hydroxyl groups excluding tert-OH is 1. The summed E-state index contributed by atoms with van der Waals surface area (Å²) in [6, 6.07) is 9.15. The van der Waals surface area contributed by atoms with Gasteiger partial charge in [0.15, 0.2) is 0 Å². The zero-order chi connectivity index (χ0) is 18.0. The van der Waals surface area contributed by atoms with Crippen LogP contribution < -0.4 is 10.2 Å². The van der Waals surface area contributed by atoms with Gasteiger partial charge >= 0.3 is 0 Å². The fraction of sp³-hybridized carbons (Fsp3) is 0.368. The van der Waals surface area contributed by atoms with Gasteiger partial charge in [0.25, 0.3) is 0 Å². The van der Waals surface area contributed by atoms with Crippen molar-refractivity contribution in [2.75, 3.05) is 18.0 Å². The van der Waals surface area contributed by atoms with Gasteiger partial charge in [0.05, 0.1) is 12.8 Å². The van der Waals surface area contributed by atoms with E-state index < -0.39 is 12.0 Å². The number of furan rings is 1. The first-order chi connectivity index (χ1) is 12.0. The van der Waals surface area contributed by atoms with E-state index in [1.807, 2.05) is 32.0 Å². The van der Waals surface area contributed by atoms with Crippen molar-refractivity contribution < 1.29 is 19.1 Å². The highest BCUT2D eigenvalue weighted by atomic mass is 16.4. The molecule has 0 bridgehead atoms. The number of rotatable bonds is 5. The number of carbonyl (C=O) groups is 2. The van der Waals surface area contributed by atoms with Gasteiger partial charge in [-0.25, -0.2) is 0 Å². The molecule has 1 aromatic carbocycles. The molecular formula is C19H22N2O4. The molecule has 1 aromatic heterocycles. The standard InChI is InChI=1S/C19H22N2O4/c1-12-5-6-14(10-13(12)2)21-8-7-15(19(21)24)18(23)20-11-16(22)17-4-3-9-25-17/h3-6,9-10,15-16,22H,7-8,11H2,1-2H3,(H,20,23). The minimum Gasteiger partial charge on any atom is -0.467 e. The molecule has 6 heteroatoms. The van der Waals surface area contributed by atoms with Gasteiger partial charge in [0.1, 0.15) is 17.8 Å². The second-order valence-electron chi connectivity index (χ2n) is 6.38. The van der Waals surface area contributed by atoms with Crippen LogP contribution in [-0.2, 0) is 9.59 Å². The minimum absolute atomic E-state index is 0.0137. The molecule has 0 saturated carbocycles. The second-order valence-corrected chi connectivity index (χ2v) is 6.38. The fourth-order valence-corrected chi connectivity index (χ4v) is 2.97. The molecule has 2 aromatic rings. The number of amides is 2. The average molecular weight is 342 g/mol. The van der Waals surface area contributed by atoms with Gasteiger partial charge in [-0.15, -0.1) is 0 Å². The van der Waals surface area contributed by atoms with E-state index in [1.165, 1.54) is 6.26 Å². The number of benzene rings is 1. The van der Waals surface area contributed by atoms with E-state index in [1.54, 1.807) is 17.0 Å². The van der Waals surface area contributed by atoms with Gasteiger partial charge in [0.2, 0.25) is 11.8 Å². The summed E-state index contributed by atoms with van der Waals surface area (Å²) in [7, 11) is 0. The molecule has 132 valence electrons. The van der Waals surface area contributed by atoms with E-state index in [0.29, 0.717) is 18.7 Å². The average Bonchev–Trinajstić information content (AvgIpc) is 3.25. The molecule has 0 radical (unpaired) electrons. The molecule has 0 aliphatic carbocycles. The number of anilines is 1. The summed E-state index contributed by atoms with van der Waals surface area (Å²) in [5.74, 6) is -0.893. The van der Waals surface area contributed by atoms with E-state index in [0.717, 1.165) is 16.8 Å². The van der Waals surface area contributed by atoms with Crippen molar-refractivity contribution >= 4 is 17.5 Å². The van der Waals surface area contributed by atoms with Crippen molar-refractivity contribution in [3.05, 3.63) is 53.5 Å². The highest BCUT2D eigenvalue weighted by Gasteiger charge is 2.37. The van der Waals surface area contributed by atoms with Crippen molar-refractivity contribution in [3.63, 3.8) is 0 Å². The first kappa shape index (κ1) is 17.2. The summed E-state index contributed by atoms with van der Waals surface area (Å²) in [5, 5.41) is 12.6. The third-order valence-corrected chi connectivity index (χ3v) is 4.67. The molecule has 6 nitrogen and oxygen atoms in total. The zero-order valence-corrected chi connectivity index (χ0v) is 14.4. The number of aliphatic hydroxyl groups is 1. The molecule has 2 N–H and O–H groups in total. The number of nitrogens with zero attached hydrogens (tertiary/aromatic N) is 1. The number of nitrogens with one attached hydrogen (secondary N) is 1. The summed E-state index contributed by atoms with van der Waals surface area (Å²) < 4.78 is 5.09. The van der Waals surface area contributed by atoms with Gasteiger partial charge in [-0.2, -0.15) is 0 Å². The summed E-state index contributed by atoms with van der Waals surface area (Å²) >= 11 is 0. The summed E-state index contributed by atoms with van der Waals surface area (Å²) in [4.78, 5) is 26.6. The largest absolute Gasteiger partial charge is 0.467 e. The van der Waals surface area contributed by atoms with Crippen LogP contribution in [0.25, 0.3) is 0 Å². The Labute approximate surface area is 146 Å². The van der Waals surface area contributed by atoms with Crippen LogP contribution in [0.2, 0.25) is 0 Å². The third-order valence-electron chi connectivity index (χ3n) is 4.67. The molecule has 2 atom stereocenters. The van der Waals surface area contributed by atoms with E-state index in [4.69, 9.17) is 4.42 Å². The Bertz CT molecular complexity index is 770. The first-order valence-electron chi connectivity index (χ1n) is 8.35. The third kappa shape index (κ3) is 3.58. The maximum Gasteiger partial charge on any atom is 0.239 e. The van der Waals surface area contributed by atoms with E-state index >= 15 is 0 Å². The topological polar surface area (TPSA) is 82.8 Å². The molecule has 2 heterocycles. The quantitative estimate of drug-likeness (QED) is 0.815. The smallest absolute Gasteiger partial charge is 0.239 e. The van der Waals surface area contributed by atoms with Gasteiger partial charge in [-0.3, -0.25) is 9.59 Å². The predicted molar refractivity (Wildman–Crippen MR) is 93.1 cm³/mol. The lowest BCUT2D eigenvalue weighted by Gasteiger charge is -2.18. The lowest BCUT2D eigenvalue weighted by molar-refractivity contribution is -0.132. The second kappa shape index (κ2) is 7.11. The molecule has 2 amide bonds. The Balaban J connectivity index is 1.61. The van der Waals surface area contributed by atoms with Crippen LogP contribution in [0.4, 0.5) is 5.69 Å². The van der Waals surface area contributed by atoms with Crippen molar-refractivity contribution in [1.29, 1.82) is 0 Å².